The molecule has 1 aromatic heterocycles. The number of para-hydroxylation sites is 1. The lowest BCUT2D eigenvalue weighted by molar-refractivity contribution is -0.139. The molecule has 2 N–H and O–H groups in total. The Labute approximate surface area is 207 Å². The number of methoxy groups -OCH3 is 2. The van der Waals surface area contributed by atoms with E-state index in [4.69, 9.17) is 24.7 Å². The van der Waals surface area contributed by atoms with Gasteiger partial charge in [0.2, 0.25) is 5.88 Å². The van der Waals surface area contributed by atoms with Crippen molar-refractivity contribution in [2.24, 2.45) is 5.73 Å². The number of nitrogens with zero attached hydrogens (tertiary/aromatic N) is 3. The van der Waals surface area contributed by atoms with Gasteiger partial charge in [-0.05, 0) is 32.0 Å². The van der Waals surface area contributed by atoms with Crippen LogP contribution in [0.3, 0.4) is 0 Å². The van der Waals surface area contributed by atoms with E-state index in [1.807, 2.05) is 6.92 Å². The third-order valence-corrected chi connectivity index (χ3v) is 6.19. The van der Waals surface area contributed by atoms with E-state index in [1.54, 1.807) is 37.3 Å². The van der Waals surface area contributed by atoms with Crippen molar-refractivity contribution in [1.82, 2.24) is 4.98 Å². The fraction of sp³-hybridized carbons (Fsp3) is 0.280. The van der Waals surface area contributed by atoms with Gasteiger partial charge in [0.15, 0.2) is 11.5 Å². The highest BCUT2D eigenvalue weighted by Crippen LogP contribution is 2.46. The van der Waals surface area contributed by atoms with Crippen molar-refractivity contribution in [2.45, 2.75) is 24.8 Å². The Morgan fingerprint density at radius 3 is 2.60 bits per heavy atom. The van der Waals surface area contributed by atoms with Crippen molar-refractivity contribution in [3.63, 3.8) is 0 Å². The summed E-state index contributed by atoms with van der Waals surface area (Å²) < 4.78 is 22.1. The molecule has 0 saturated carbocycles. The number of esters is 1. The number of allylic oxidation sites excluding steroid dienone is 1. The number of carbonyl (C=O) groups excluding carboxylic acids is 1. The molecule has 3 rings (SSSR count). The van der Waals surface area contributed by atoms with Crippen molar-refractivity contribution in [2.75, 3.05) is 26.6 Å². The Morgan fingerprint density at radius 2 is 1.97 bits per heavy atom. The van der Waals surface area contributed by atoms with Gasteiger partial charge in [-0.15, -0.1) is 0 Å². The Bertz CT molecular complexity index is 1290. The smallest absolute Gasteiger partial charge is 0.338 e. The number of aryl methyl sites for hydroxylation is 1. The maximum Gasteiger partial charge on any atom is 0.338 e. The van der Waals surface area contributed by atoms with Crippen LogP contribution in [0.2, 0.25) is 0 Å². The van der Waals surface area contributed by atoms with Crippen LogP contribution in [-0.4, -0.2) is 37.5 Å². The van der Waals surface area contributed by atoms with E-state index in [9.17, 15) is 15.3 Å². The van der Waals surface area contributed by atoms with Gasteiger partial charge in [0.25, 0.3) is 0 Å². The van der Waals surface area contributed by atoms with Gasteiger partial charge in [0.1, 0.15) is 28.5 Å². The quantitative estimate of drug-likeness (QED) is 0.428. The molecule has 0 radical (unpaired) electrons. The summed E-state index contributed by atoms with van der Waals surface area (Å²) in [5, 5.41) is 19.9. The van der Waals surface area contributed by atoms with Crippen LogP contribution < -0.4 is 15.2 Å². The fourth-order valence-corrected chi connectivity index (χ4v) is 4.63. The number of benzene rings is 1. The Morgan fingerprint density at radius 1 is 1.20 bits per heavy atom. The second kappa shape index (κ2) is 11.3. The number of thioether (sulfide) groups is 1. The Kier molecular flexibility index (Phi) is 8.24. The van der Waals surface area contributed by atoms with E-state index < -0.39 is 11.9 Å². The molecule has 35 heavy (non-hydrogen) atoms. The van der Waals surface area contributed by atoms with Crippen LogP contribution in [0, 0.1) is 29.6 Å². The lowest BCUT2D eigenvalue weighted by Gasteiger charge is -2.29. The monoisotopic (exact) mass is 492 g/mol. The van der Waals surface area contributed by atoms with Crippen molar-refractivity contribution < 1.29 is 23.7 Å². The van der Waals surface area contributed by atoms with Crippen molar-refractivity contribution in [1.29, 1.82) is 10.5 Å². The Hall–Kier alpha value is -4.15. The van der Waals surface area contributed by atoms with Crippen molar-refractivity contribution in [3.8, 4) is 23.6 Å². The van der Waals surface area contributed by atoms with Gasteiger partial charge >= 0.3 is 5.97 Å². The summed E-state index contributed by atoms with van der Waals surface area (Å²) in [6.45, 7) is 3.61. The van der Waals surface area contributed by atoms with Crippen LogP contribution in [0.15, 0.2) is 58.1 Å². The van der Waals surface area contributed by atoms with Gasteiger partial charge in [-0.1, -0.05) is 23.9 Å². The van der Waals surface area contributed by atoms with Gasteiger partial charge < -0.3 is 24.7 Å². The zero-order valence-corrected chi connectivity index (χ0v) is 20.6. The molecule has 1 aliphatic rings. The minimum Gasteiger partial charge on any atom is -0.493 e. The minimum absolute atomic E-state index is 0.0414. The molecule has 180 valence electrons. The van der Waals surface area contributed by atoms with Crippen LogP contribution in [0.1, 0.15) is 29.7 Å². The van der Waals surface area contributed by atoms with Crippen LogP contribution in [-0.2, 0) is 14.3 Å². The summed E-state index contributed by atoms with van der Waals surface area (Å²) in [5.41, 5.74) is 7.93. The maximum absolute atomic E-state index is 13.2. The first-order valence-electron chi connectivity index (χ1n) is 10.6. The zero-order valence-electron chi connectivity index (χ0n) is 19.7. The maximum atomic E-state index is 13.2. The van der Waals surface area contributed by atoms with Crippen LogP contribution >= 0.6 is 11.8 Å². The predicted octanol–water partition coefficient (Wildman–Crippen LogP) is 3.70. The number of ether oxygens (including phenoxy) is 4. The first-order chi connectivity index (χ1) is 16.9. The van der Waals surface area contributed by atoms with E-state index in [1.165, 1.54) is 26.0 Å². The van der Waals surface area contributed by atoms with Gasteiger partial charge in [0, 0.05) is 11.3 Å². The lowest BCUT2D eigenvalue weighted by atomic mass is 9.82. The summed E-state index contributed by atoms with van der Waals surface area (Å²) in [7, 11) is 2.96. The SMILES string of the molecule is CCOC(=O)C1=C(CSc2nc(C)ccc2C#N)OC(N)=C(C#N)[C@H]1c1cccc(OC)c1OC. The van der Waals surface area contributed by atoms with Gasteiger partial charge in [-0.3, -0.25) is 0 Å². The van der Waals surface area contributed by atoms with Crippen molar-refractivity contribution >= 4 is 17.7 Å². The molecule has 2 heterocycles. The predicted molar refractivity (Wildman–Crippen MR) is 128 cm³/mol. The molecule has 0 bridgehead atoms. The minimum atomic E-state index is -0.922. The largest absolute Gasteiger partial charge is 0.493 e. The average Bonchev–Trinajstić information content (AvgIpc) is 2.86. The molecule has 1 aliphatic heterocycles. The molecule has 0 amide bonds. The number of carbonyl (C=O) groups is 1. The van der Waals surface area contributed by atoms with Crippen LogP contribution in [0.4, 0.5) is 0 Å². The van der Waals surface area contributed by atoms with Gasteiger partial charge in [-0.25, -0.2) is 9.78 Å². The second-order valence-corrected chi connectivity index (χ2v) is 8.23. The average molecular weight is 493 g/mol. The van der Waals surface area contributed by atoms with E-state index in [0.29, 0.717) is 27.7 Å². The van der Waals surface area contributed by atoms with Gasteiger partial charge in [-0.2, -0.15) is 10.5 Å². The third-order valence-electron chi connectivity index (χ3n) is 5.20. The summed E-state index contributed by atoms with van der Waals surface area (Å²) in [6.07, 6.45) is 0. The van der Waals surface area contributed by atoms with E-state index in [2.05, 4.69) is 17.1 Å². The normalized spacial score (nSPS) is 15.1. The highest BCUT2D eigenvalue weighted by Gasteiger charge is 2.39. The lowest BCUT2D eigenvalue weighted by Crippen LogP contribution is -2.27. The fourth-order valence-electron chi connectivity index (χ4n) is 3.67. The highest BCUT2D eigenvalue weighted by molar-refractivity contribution is 7.99. The molecule has 0 saturated heterocycles. The topological polar surface area (TPSA) is 140 Å². The molecular weight excluding hydrogens is 468 g/mol. The van der Waals surface area contributed by atoms with E-state index in [0.717, 1.165) is 5.69 Å². The van der Waals surface area contributed by atoms with Crippen LogP contribution in [0.25, 0.3) is 0 Å². The molecule has 2 aromatic rings. The number of hydrogen-bond acceptors (Lipinski definition) is 10. The third kappa shape index (κ3) is 5.18. The summed E-state index contributed by atoms with van der Waals surface area (Å²) >= 11 is 1.22. The summed E-state index contributed by atoms with van der Waals surface area (Å²) in [5.74, 6) is -0.625. The Balaban J connectivity index is 2.19. The summed E-state index contributed by atoms with van der Waals surface area (Å²) in [6, 6.07) is 12.8. The van der Waals surface area contributed by atoms with Crippen LogP contribution in [0.5, 0.6) is 11.5 Å². The van der Waals surface area contributed by atoms with E-state index >= 15 is 0 Å². The molecule has 0 aliphatic carbocycles. The highest BCUT2D eigenvalue weighted by atomic mass is 32.2. The summed E-state index contributed by atoms with van der Waals surface area (Å²) in [4.78, 5) is 17.6. The number of pyridine rings is 1. The first kappa shape index (κ1) is 25.5. The molecule has 0 unspecified atom stereocenters. The molecule has 1 aromatic carbocycles. The van der Waals surface area contributed by atoms with E-state index in [-0.39, 0.29) is 35.1 Å². The second-order valence-electron chi connectivity index (χ2n) is 7.27. The number of nitriles is 2. The van der Waals surface area contributed by atoms with Gasteiger partial charge in [0.05, 0.1) is 43.6 Å². The first-order valence-corrected chi connectivity index (χ1v) is 11.6. The van der Waals surface area contributed by atoms with Crippen molar-refractivity contribution in [3.05, 3.63) is 69.9 Å². The number of nitrogens with two attached hydrogens (primary N) is 1. The molecule has 1 atom stereocenters. The molecule has 0 fully saturated rings. The molecule has 0 spiro atoms. The zero-order chi connectivity index (χ0) is 25.5. The molecular formula is C25H24N4O5S. The molecule has 9 nitrogen and oxygen atoms in total. The number of rotatable bonds is 8. The number of aromatic nitrogens is 1. The standard InChI is InChI=1S/C25H24N4O5S/c1-5-33-25(30)21-19(13-35-24-15(11-26)10-9-14(2)29-24)34-23(28)17(12-27)20(21)16-7-6-8-18(31-3)22(16)32-4/h6-10,20H,5,13,28H2,1-4H3/t20-/m1/s1. The molecule has 10 heteroatoms. The number of hydrogen-bond donors (Lipinski definition) is 1.